The van der Waals surface area contributed by atoms with Gasteiger partial charge in [-0.05, 0) is 25.7 Å². The first-order valence-corrected chi connectivity index (χ1v) is 24.3. The smallest absolute Gasteiger partial charge is 0.440 e. The molecule has 13 N–H and O–H groups in total. The number of nitrogens with two attached hydrogens (primary N) is 1. The molecule has 61 heavy (non-hydrogen) atoms. The summed E-state index contributed by atoms with van der Waals surface area (Å²) in [7, 11) is -17.3. The molecule has 3 saturated heterocycles. The molecule has 5 heterocycles. The number of aromatic nitrogens is 4. The summed E-state index contributed by atoms with van der Waals surface area (Å²) in [6.07, 6.45) is -2.00. The Kier molecular flexibility index (Phi) is 16.7. The van der Waals surface area contributed by atoms with E-state index in [0.717, 1.165) is 35.9 Å². The minimum absolute atomic E-state index is 0.0410. The average Bonchev–Trinajstić information content (AvgIpc) is 3.91. The standard InChI is InChI=1S/C29H47N10O18P3S/c30-27-37-24-21(25(43)38-27)34-14-39(24)26-22(42)23(16(54-26)12-53-59(49,50)57-60(51,52)56-58(46,47)48)55-29(45)33-11-10-32-19(41)7-2-1-5-9-31-18(40)8-4-3-6-17-20-15(13-61-17)35-28(44)36-20/h14-17,20,22-23,26,42H,1-13H2,(H,31,40)(H,32,41)(H,33,45)(H,49,50)(H,51,52)(H2,35,36,44)(H2,46,47,48)(H3,30,37,38,43)/t15-,16+,17-,20-,22+,23+,26+/m0/s1. The Morgan fingerprint density at radius 1 is 0.934 bits per heavy atom. The van der Waals surface area contributed by atoms with Gasteiger partial charge in [-0.1, -0.05) is 12.8 Å². The number of hydrogen-bond acceptors (Lipinski definition) is 18. The summed E-state index contributed by atoms with van der Waals surface area (Å²) >= 11 is 1.84. The summed E-state index contributed by atoms with van der Waals surface area (Å²) in [6, 6.07) is 0.189. The van der Waals surface area contributed by atoms with Crippen molar-refractivity contribution >= 4 is 76.3 Å². The summed E-state index contributed by atoms with van der Waals surface area (Å²) in [5.41, 5.74) is 4.44. The number of nitrogens with one attached hydrogen (secondary N) is 6. The van der Waals surface area contributed by atoms with Crippen LogP contribution in [0.5, 0.6) is 0 Å². The number of ether oxygens (including phenoxy) is 2. The predicted molar refractivity (Wildman–Crippen MR) is 209 cm³/mol. The number of thioether (sulfide) groups is 1. The van der Waals surface area contributed by atoms with Gasteiger partial charge < -0.3 is 66.5 Å². The van der Waals surface area contributed by atoms with Gasteiger partial charge in [0.2, 0.25) is 17.8 Å². The van der Waals surface area contributed by atoms with Crippen molar-refractivity contribution in [3.05, 3.63) is 16.7 Å². The molecule has 32 heteroatoms. The van der Waals surface area contributed by atoms with E-state index < -0.39 is 66.3 Å². The van der Waals surface area contributed by atoms with Crippen LogP contribution in [0.1, 0.15) is 57.6 Å². The molecular formula is C29H47N10O18P3S. The molecule has 28 nitrogen and oxygen atoms in total. The SMILES string of the molecule is Nc1nc2c(ncn2[C@@H]2O[C@H](COP(=O)(O)OP(=O)(O)OP(=O)(O)O)[C@@H](OC(=O)NCCNC(=O)CCCCCNC(=O)CCCC[C@@H]3SC[C@@H]4NC(=O)N[C@@H]43)[C@H]2O)c(=O)[nH]1. The number of aromatic amines is 1. The van der Waals surface area contributed by atoms with Crippen LogP contribution in [0.3, 0.4) is 0 Å². The number of carbonyl (C=O) groups excluding carboxylic acids is 4. The van der Waals surface area contributed by atoms with Gasteiger partial charge in [-0.25, -0.2) is 28.3 Å². The number of fused-ring (bicyclic) bond motifs is 2. The van der Waals surface area contributed by atoms with E-state index in [1.54, 1.807) is 0 Å². The van der Waals surface area contributed by atoms with E-state index in [-0.39, 0.29) is 66.6 Å². The van der Waals surface area contributed by atoms with Crippen molar-refractivity contribution in [3.8, 4) is 0 Å². The fourth-order valence-electron chi connectivity index (χ4n) is 6.63. The Balaban J connectivity index is 1.01. The third-order valence-electron chi connectivity index (χ3n) is 9.30. The van der Waals surface area contributed by atoms with Gasteiger partial charge in [0, 0.05) is 43.5 Å². The molecule has 0 radical (unpaired) electrons. The Bertz CT molecular complexity index is 2110. The number of alkyl carbamates (subject to hydrolysis) is 1. The van der Waals surface area contributed by atoms with Crippen molar-refractivity contribution in [2.24, 2.45) is 0 Å². The number of nitrogen functional groups attached to an aromatic ring is 1. The number of phosphoric ester groups is 1. The Labute approximate surface area is 349 Å². The zero-order chi connectivity index (χ0) is 44.5. The van der Waals surface area contributed by atoms with Gasteiger partial charge in [0.05, 0.1) is 25.0 Å². The first kappa shape index (κ1) is 48.3. The Morgan fingerprint density at radius 3 is 2.34 bits per heavy atom. The van der Waals surface area contributed by atoms with Gasteiger partial charge in [0.25, 0.3) is 5.56 Å². The van der Waals surface area contributed by atoms with Gasteiger partial charge in [0.15, 0.2) is 23.5 Å². The highest BCUT2D eigenvalue weighted by atomic mass is 32.2. The molecule has 0 saturated carbocycles. The maximum Gasteiger partial charge on any atom is 0.490 e. The molecule has 0 aromatic carbocycles. The van der Waals surface area contributed by atoms with E-state index in [0.29, 0.717) is 37.5 Å². The van der Waals surface area contributed by atoms with Gasteiger partial charge in [0.1, 0.15) is 12.2 Å². The third-order valence-corrected chi connectivity index (χ3v) is 14.6. The summed E-state index contributed by atoms with van der Waals surface area (Å²) in [5.74, 6) is 0.192. The Hall–Kier alpha value is -3.69. The summed E-state index contributed by atoms with van der Waals surface area (Å²) in [6.45, 7) is -0.872. The number of phosphoric acid groups is 3. The number of aliphatic hydroxyl groups is 1. The number of carbonyl (C=O) groups is 4. The highest BCUT2D eigenvalue weighted by molar-refractivity contribution is 8.00. The topological polar surface area (TPSA) is 417 Å². The quantitative estimate of drug-likeness (QED) is 0.0358. The fourth-order valence-corrected chi connectivity index (χ4v) is 11.2. The molecule has 0 aliphatic carbocycles. The van der Waals surface area contributed by atoms with Gasteiger partial charge in [-0.15, -0.1) is 0 Å². The van der Waals surface area contributed by atoms with Crippen LogP contribution in [-0.4, -0.2) is 136 Å². The number of anilines is 1. The monoisotopic (exact) mass is 948 g/mol. The molecule has 5 amide bonds. The molecule has 3 fully saturated rings. The Morgan fingerprint density at radius 2 is 1.62 bits per heavy atom. The maximum atomic E-state index is 12.8. The number of aliphatic hydroxyl groups excluding tert-OH is 1. The zero-order valence-electron chi connectivity index (χ0n) is 32.0. The number of hydrogen-bond donors (Lipinski definition) is 12. The minimum atomic E-state index is -5.89. The highest BCUT2D eigenvalue weighted by Crippen LogP contribution is 2.66. The number of amides is 5. The molecule has 2 unspecified atom stereocenters. The van der Waals surface area contributed by atoms with Crippen LogP contribution in [0.2, 0.25) is 0 Å². The number of unbranched alkanes of at least 4 members (excludes halogenated alkanes) is 3. The number of nitrogens with zero attached hydrogens (tertiary/aromatic N) is 3. The number of urea groups is 1. The number of imidazole rings is 1. The van der Waals surface area contributed by atoms with E-state index in [1.165, 1.54) is 0 Å². The van der Waals surface area contributed by atoms with Crippen LogP contribution in [-0.2, 0) is 45.9 Å². The second-order valence-corrected chi connectivity index (χ2v) is 19.6. The molecule has 3 aliphatic heterocycles. The summed E-state index contributed by atoms with van der Waals surface area (Å²) < 4.78 is 59.1. The average molecular weight is 949 g/mol. The summed E-state index contributed by atoms with van der Waals surface area (Å²) in [4.78, 5) is 108. The van der Waals surface area contributed by atoms with E-state index in [4.69, 9.17) is 25.0 Å². The molecule has 5 rings (SSSR count). The lowest BCUT2D eigenvalue weighted by Crippen LogP contribution is -2.42. The van der Waals surface area contributed by atoms with E-state index >= 15 is 0 Å². The lowest BCUT2D eigenvalue weighted by molar-refractivity contribution is -0.122. The molecular weight excluding hydrogens is 901 g/mol. The molecule has 9 atom stereocenters. The third kappa shape index (κ3) is 14.4. The van der Waals surface area contributed by atoms with E-state index in [9.17, 15) is 52.6 Å². The highest BCUT2D eigenvalue weighted by Gasteiger charge is 2.50. The lowest BCUT2D eigenvalue weighted by atomic mass is 10.0. The van der Waals surface area contributed by atoms with E-state index in [2.05, 4.69) is 54.7 Å². The van der Waals surface area contributed by atoms with Gasteiger partial charge in [-0.2, -0.15) is 25.4 Å². The molecule has 2 aromatic rings. The molecule has 0 bridgehead atoms. The van der Waals surface area contributed by atoms with Crippen molar-refractivity contribution in [2.75, 3.05) is 37.7 Å². The van der Waals surface area contributed by atoms with Crippen LogP contribution >= 0.6 is 35.2 Å². The second-order valence-electron chi connectivity index (χ2n) is 13.9. The van der Waals surface area contributed by atoms with E-state index in [1.807, 2.05) is 11.8 Å². The molecule has 2 aromatic heterocycles. The largest absolute Gasteiger partial charge is 0.490 e. The van der Waals surface area contributed by atoms with Crippen LogP contribution in [0.4, 0.5) is 15.5 Å². The normalized spacial score (nSPS) is 25.5. The van der Waals surface area contributed by atoms with Gasteiger partial charge in [-0.3, -0.25) is 28.5 Å². The van der Waals surface area contributed by atoms with Crippen molar-refractivity contribution in [3.63, 3.8) is 0 Å². The second kappa shape index (κ2) is 21.1. The van der Waals surface area contributed by atoms with Crippen molar-refractivity contribution in [1.82, 2.24) is 46.1 Å². The molecule has 3 aliphatic rings. The van der Waals surface area contributed by atoms with Gasteiger partial charge >= 0.3 is 35.6 Å². The van der Waals surface area contributed by atoms with Crippen LogP contribution in [0.25, 0.3) is 11.2 Å². The van der Waals surface area contributed by atoms with Crippen LogP contribution < -0.4 is 37.9 Å². The van der Waals surface area contributed by atoms with Crippen molar-refractivity contribution in [1.29, 1.82) is 0 Å². The minimum Gasteiger partial charge on any atom is -0.440 e. The molecule has 0 spiro atoms. The predicted octanol–water partition coefficient (Wildman–Crippen LogP) is -1.08. The fraction of sp³-hybridized carbons (Fsp3) is 0.690. The van der Waals surface area contributed by atoms with Crippen LogP contribution in [0.15, 0.2) is 11.1 Å². The van der Waals surface area contributed by atoms with Crippen LogP contribution in [0, 0.1) is 0 Å². The lowest BCUT2D eigenvalue weighted by Gasteiger charge is -2.22. The summed E-state index contributed by atoms with van der Waals surface area (Å²) in [5, 5.41) is 25.2. The zero-order valence-corrected chi connectivity index (χ0v) is 35.5. The first-order valence-electron chi connectivity index (χ1n) is 18.7. The number of H-pyrrole nitrogens is 1. The number of rotatable bonds is 23. The maximum absolute atomic E-state index is 12.8. The molecule has 342 valence electrons. The van der Waals surface area contributed by atoms with Crippen molar-refractivity contribution in [2.45, 2.75) is 93.2 Å². The van der Waals surface area contributed by atoms with Crippen molar-refractivity contribution < 1.29 is 80.2 Å². The first-order chi connectivity index (χ1) is 28.7.